The molecule has 19 heavy (non-hydrogen) atoms. The van der Waals surface area contributed by atoms with Crippen molar-refractivity contribution in [2.24, 2.45) is 0 Å². The Hall–Kier alpha value is -1.34. The Morgan fingerprint density at radius 1 is 1.21 bits per heavy atom. The number of carboxylic acids is 1. The molecule has 0 aliphatic heterocycles. The van der Waals surface area contributed by atoms with Crippen molar-refractivity contribution >= 4 is 12.0 Å². The monoisotopic (exact) mass is 276 g/mol. The zero-order valence-corrected chi connectivity index (χ0v) is 11.6. The van der Waals surface area contributed by atoms with Gasteiger partial charge in [-0.2, -0.15) is 0 Å². The molecule has 0 radical (unpaired) electrons. The van der Waals surface area contributed by atoms with Crippen LogP contribution in [0.25, 0.3) is 0 Å². The first-order valence-corrected chi connectivity index (χ1v) is 6.46. The largest absolute Gasteiger partial charge is 0.479 e. The first kappa shape index (κ1) is 17.7. The van der Waals surface area contributed by atoms with Crippen LogP contribution in [0, 0.1) is 0 Å². The Kier molecular flexibility index (Phi) is 10.9. The quantitative estimate of drug-likeness (QED) is 0.480. The van der Waals surface area contributed by atoms with Gasteiger partial charge < -0.3 is 25.2 Å². The third kappa shape index (κ3) is 10.3. The molecule has 0 saturated heterocycles. The molecule has 0 heterocycles. The van der Waals surface area contributed by atoms with E-state index in [1.165, 1.54) is 7.11 Å². The first-order chi connectivity index (χ1) is 9.11. The number of carboxylic acid groups (broad SMARTS) is 1. The number of unbranched alkanes of at least 4 members (excludes halogenated alkanes) is 1. The number of rotatable bonds is 11. The number of carbonyl (C=O) groups is 2. The van der Waals surface area contributed by atoms with Gasteiger partial charge in [-0.1, -0.05) is 13.3 Å². The third-order valence-corrected chi connectivity index (χ3v) is 2.40. The van der Waals surface area contributed by atoms with Gasteiger partial charge in [0.25, 0.3) is 0 Å². The fraction of sp³-hybridized carbons (Fsp3) is 0.833. The van der Waals surface area contributed by atoms with Crippen molar-refractivity contribution in [3.63, 3.8) is 0 Å². The van der Waals surface area contributed by atoms with Gasteiger partial charge >= 0.3 is 12.0 Å². The lowest BCUT2D eigenvalue weighted by atomic mass is 10.3. The normalized spacial score (nSPS) is 11.9. The van der Waals surface area contributed by atoms with Crippen LogP contribution < -0.4 is 10.6 Å². The minimum Gasteiger partial charge on any atom is -0.479 e. The number of carbonyl (C=O) groups excluding carboxylic acids is 1. The molecule has 7 heteroatoms. The molecule has 3 N–H and O–H groups in total. The third-order valence-electron chi connectivity index (χ3n) is 2.40. The predicted octanol–water partition coefficient (Wildman–Crippen LogP) is 0.592. The number of nitrogens with one attached hydrogen (secondary N) is 2. The smallest absolute Gasteiger partial charge is 0.334 e. The average Bonchev–Trinajstić information content (AvgIpc) is 2.38. The lowest BCUT2D eigenvalue weighted by Crippen LogP contribution is -2.43. The molecule has 0 aromatic heterocycles. The maximum absolute atomic E-state index is 11.3. The highest BCUT2D eigenvalue weighted by Crippen LogP contribution is 1.89. The molecule has 2 amide bonds. The number of aliphatic carboxylic acids is 1. The van der Waals surface area contributed by atoms with E-state index in [1.54, 1.807) is 0 Å². The van der Waals surface area contributed by atoms with Gasteiger partial charge in [0, 0.05) is 26.9 Å². The summed E-state index contributed by atoms with van der Waals surface area (Å²) in [6.07, 6.45) is 1.85. The maximum Gasteiger partial charge on any atom is 0.334 e. The summed E-state index contributed by atoms with van der Waals surface area (Å²) in [5.41, 5.74) is 0. The van der Waals surface area contributed by atoms with Crippen molar-refractivity contribution in [3.8, 4) is 0 Å². The van der Waals surface area contributed by atoms with Gasteiger partial charge in [-0.25, -0.2) is 9.59 Å². The first-order valence-electron chi connectivity index (χ1n) is 6.46. The highest BCUT2D eigenvalue weighted by molar-refractivity contribution is 5.76. The van der Waals surface area contributed by atoms with Gasteiger partial charge in [-0.05, 0) is 12.8 Å². The molecule has 0 aromatic rings. The van der Waals surface area contributed by atoms with E-state index in [9.17, 15) is 9.59 Å². The van der Waals surface area contributed by atoms with Gasteiger partial charge in [-0.3, -0.25) is 0 Å². The molecule has 0 aromatic carbocycles. The van der Waals surface area contributed by atoms with Gasteiger partial charge in [0.2, 0.25) is 0 Å². The fourth-order valence-corrected chi connectivity index (χ4v) is 1.24. The van der Waals surface area contributed by atoms with Crippen LogP contribution in [-0.2, 0) is 14.3 Å². The van der Waals surface area contributed by atoms with Crippen LogP contribution >= 0.6 is 0 Å². The van der Waals surface area contributed by atoms with Crippen molar-refractivity contribution in [2.75, 3.05) is 33.4 Å². The minimum absolute atomic E-state index is 0.0648. The second-order valence-electron chi connectivity index (χ2n) is 4.02. The molecule has 0 saturated carbocycles. The standard InChI is InChI=1S/C12H24N2O5/c1-3-4-7-19-8-5-6-13-12(17)14-9-10(18-2)11(15)16/h10H,3-9H2,1-2H3,(H,15,16)(H2,13,14,17). The Balaban J connectivity index is 3.46. The highest BCUT2D eigenvalue weighted by atomic mass is 16.5. The Morgan fingerprint density at radius 3 is 2.47 bits per heavy atom. The molecule has 0 aliphatic rings. The molecular formula is C12H24N2O5. The van der Waals surface area contributed by atoms with Crippen molar-refractivity contribution in [1.82, 2.24) is 10.6 Å². The second-order valence-corrected chi connectivity index (χ2v) is 4.02. The summed E-state index contributed by atoms with van der Waals surface area (Å²) in [7, 11) is 1.28. The summed E-state index contributed by atoms with van der Waals surface area (Å²) in [5.74, 6) is -1.10. The van der Waals surface area contributed by atoms with E-state index in [-0.39, 0.29) is 6.54 Å². The van der Waals surface area contributed by atoms with Crippen LogP contribution in [0.2, 0.25) is 0 Å². The topological polar surface area (TPSA) is 96.9 Å². The summed E-state index contributed by atoms with van der Waals surface area (Å²) in [6, 6.07) is -0.406. The molecule has 1 unspecified atom stereocenters. The zero-order valence-electron chi connectivity index (χ0n) is 11.6. The highest BCUT2D eigenvalue weighted by Gasteiger charge is 2.16. The van der Waals surface area contributed by atoms with Crippen LogP contribution in [-0.4, -0.2) is 56.6 Å². The molecular weight excluding hydrogens is 252 g/mol. The Labute approximate surface area is 113 Å². The minimum atomic E-state index is -1.10. The summed E-state index contributed by atoms with van der Waals surface area (Å²) in [6.45, 7) is 3.87. The summed E-state index contributed by atoms with van der Waals surface area (Å²) in [4.78, 5) is 21.9. The number of ether oxygens (including phenoxy) is 2. The SMILES string of the molecule is CCCCOCCCNC(=O)NCC(OC)C(=O)O. The van der Waals surface area contributed by atoms with Gasteiger partial charge in [0.05, 0.1) is 6.54 Å². The molecule has 112 valence electrons. The van der Waals surface area contributed by atoms with E-state index in [0.29, 0.717) is 13.2 Å². The van der Waals surface area contributed by atoms with E-state index in [0.717, 1.165) is 25.9 Å². The number of hydrogen-bond donors (Lipinski definition) is 3. The molecule has 7 nitrogen and oxygen atoms in total. The van der Waals surface area contributed by atoms with Crippen molar-refractivity contribution in [2.45, 2.75) is 32.3 Å². The fourth-order valence-electron chi connectivity index (χ4n) is 1.24. The van der Waals surface area contributed by atoms with Gasteiger partial charge in [0.15, 0.2) is 6.10 Å². The van der Waals surface area contributed by atoms with Gasteiger partial charge in [-0.15, -0.1) is 0 Å². The molecule has 0 rings (SSSR count). The summed E-state index contributed by atoms with van der Waals surface area (Å²) < 4.78 is 10.0. The maximum atomic E-state index is 11.3. The zero-order chi connectivity index (χ0) is 14.5. The molecule has 1 atom stereocenters. The van der Waals surface area contributed by atoms with E-state index >= 15 is 0 Å². The number of urea groups is 1. The Morgan fingerprint density at radius 2 is 1.89 bits per heavy atom. The number of hydrogen-bond acceptors (Lipinski definition) is 4. The van der Waals surface area contributed by atoms with Crippen LogP contribution in [0.3, 0.4) is 0 Å². The summed E-state index contributed by atoms with van der Waals surface area (Å²) in [5, 5.41) is 13.7. The van der Waals surface area contributed by atoms with E-state index in [2.05, 4.69) is 22.3 Å². The summed E-state index contributed by atoms with van der Waals surface area (Å²) >= 11 is 0. The number of amides is 2. The van der Waals surface area contributed by atoms with Crippen LogP contribution in [0.5, 0.6) is 0 Å². The van der Waals surface area contributed by atoms with Crippen LogP contribution in [0.4, 0.5) is 4.79 Å². The van der Waals surface area contributed by atoms with Gasteiger partial charge in [0.1, 0.15) is 0 Å². The van der Waals surface area contributed by atoms with Crippen molar-refractivity contribution in [3.05, 3.63) is 0 Å². The lowest BCUT2D eigenvalue weighted by molar-refractivity contribution is -0.147. The Bertz CT molecular complexity index is 261. The van der Waals surface area contributed by atoms with Crippen LogP contribution in [0.1, 0.15) is 26.2 Å². The van der Waals surface area contributed by atoms with E-state index < -0.39 is 18.1 Å². The lowest BCUT2D eigenvalue weighted by Gasteiger charge is -2.12. The molecule has 0 bridgehead atoms. The average molecular weight is 276 g/mol. The molecule has 0 fully saturated rings. The second kappa shape index (κ2) is 11.7. The molecule has 0 aliphatic carbocycles. The number of methoxy groups -OCH3 is 1. The van der Waals surface area contributed by atoms with E-state index in [4.69, 9.17) is 9.84 Å². The van der Waals surface area contributed by atoms with Crippen LogP contribution in [0.15, 0.2) is 0 Å². The molecule has 0 spiro atoms. The van der Waals surface area contributed by atoms with E-state index in [1.807, 2.05) is 0 Å². The van der Waals surface area contributed by atoms with Crippen molar-refractivity contribution in [1.29, 1.82) is 0 Å². The predicted molar refractivity (Wildman–Crippen MR) is 70.2 cm³/mol. The van der Waals surface area contributed by atoms with Crippen molar-refractivity contribution < 1.29 is 24.2 Å².